The number of thiazole rings is 1. The largest absolute Gasteiger partial charge is 0.370 e. The minimum Gasteiger partial charge on any atom is -0.370 e. The zero-order chi connectivity index (χ0) is 23.1. The molecule has 0 spiro atoms. The Hall–Kier alpha value is -4.23. The van der Waals surface area contributed by atoms with Crippen molar-refractivity contribution in [1.82, 2.24) is 15.2 Å². The minimum absolute atomic E-state index is 0.0698. The van der Waals surface area contributed by atoms with Crippen molar-refractivity contribution in [3.05, 3.63) is 71.1 Å². The summed E-state index contributed by atoms with van der Waals surface area (Å²) in [4.78, 5) is 34.6. The summed E-state index contributed by atoms with van der Waals surface area (Å²) in [6.45, 7) is 0. The van der Waals surface area contributed by atoms with Gasteiger partial charge in [-0.05, 0) is 17.7 Å². The Morgan fingerprint density at radius 1 is 1.19 bits per heavy atom. The Morgan fingerprint density at radius 2 is 1.88 bits per heavy atom. The number of guanidine groups is 1. The molecule has 0 radical (unpaired) electrons. The number of aromatic nitrogens is 1. The normalized spacial score (nSPS) is 11.1. The highest BCUT2D eigenvalue weighted by molar-refractivity contribution is 7.13. The van der Waals surface area contributed by atoms with E-state index in [1.165, 1.54) is 18.4 Å². The third-order valence-corrected chi connectivity index (χ3v) is 5.26. The summed E-state index contributed by atoms with van der Waals surface area (Å²) in [7, 11) is 1.37. The molecule has 0 aliphatic carbocycles. The van der Waals surface area contributed by atoms with Crippen LogP contribution in [0, 0.1) is 11.5 Å². The van der Waals surface area contributed by atoms with E-state index in [4.69, 9.17) is 16.7 Å². The van der Waals surface area contributed by atoms with Crippen LogP contribution in [-0.2, 0) is 11.2 Å². The van der Waals surface area contributed by atoms with Gasteiger partial charge in [-0.2, -0.15) is 10.3 Å². The van der Waals surface area contributed by atoms with Crippen LogP contribution >= 0.6 is 11.3 Å². The molecule has 0 aliphatic rings. The van der Waals surface area contributed by atoms with Gasteiger partial charge in [0.25, 0.3) is 11.8 Å². The predicted molar refractivity (Wildman–Crippen MR) is 123 cm³/mol. The molecule has 0 saturated heterocycles. The van der Waals surface area contributed by atoms with Crippen molar-refractivity contribution in [2.45, 2.75) is 12.5 Å². The summed E-state index contributed by atoms with van der Waals surface area (Å²) >= 11 is 1.29. The topological polar surface area (TPSA) is 150 Å². The first kappa shape index (κ1) is 22.5. The Bertz CT molecular complexity index is 1160. The standard InChI is InChI=1S/C22H21N7O2S/c1-29(13-23)20(31)17(11-14-5-3-2-4-6-14)26-19(30)16-9-7-15(8-10-16)18-12-32-22(27-18)28-21(24)25/h2-10,12,17H,11H2,1H3,(H,26,30)(H4,24,25,27,28). The SMILES string of the molecule is CN(C#N)C(=O)C(Cc1ccccc1)NC(=O)c1ccc(-c2csc(N=C(N)N)n2)cc1. The molecule has 1 unspecified atom stereocenters. The quantitative estimate of drug-likeness (QED) is 0.218. The number of carbonyl (C=O) groups excluding carboxylic acids is 2. The molecule has 3 rings (SSSR count). The molecule has 9 nitrogen and oxygen atoms in total. The minimum atomic E-state index is -0.880. The lowest BCUT2D eigenvalue weighted by atomic mass is 10.0. The molecular weight excluding hydrogens is 426 g/mol. The van der Waals surface area contributed by atoms with Gasteiger partial charge in [-0.3, -0.25) is 14.5 Å². The number of nitrogens with two attached hydrogens (primary N) is 2. The number of nitrogens with one attached hydrogen (secondary N) is 1. The van der Waals surface area contributed by atoms with Gasteiger partial charge in [0.2, 0.25) is 5.13 Å². The molecule has 2 amide bonds. The number of rotatable bonds is 7. The molecule has 0 bridgehead atoms. The van der Waals surface area contributed by atoms with Crippen LogP contribution in [0.5, 0.6) is 0 Å². The molecule has 1 heterocycles. The fourth-order valence-electron chi connectivity index (χ4n) is 2.93. The van der Waals surface area contributed by atoms with E-state index in [0.29, 0.717) is 16.4 Å². The average molecular weight is 448 g/mol. The molecule has 2 aromatic carbocycles. The number of hydrogen-bond donors (Lipinski definition) is 3. The van der Waals surface area contributed by atoms with Crippen LogP contribution in [-0.4, -0.2) is 40.7 Å². The first-order valence-corrected chi connectivity index (χ1v) is 10.4. The van der Waals surface area contributed by atoms with Crippen molar-refractivity contribution in [2.24, 2.45) is 16.5 Å². The second-order valence-corrected chi connectivity index (χ2v) is 7.68. The summed E-state index contributed by atoms with van der Waals surface area (Å²) in [5.41, 5.74) is 13.4. The number of aliphatic imine (C=N–C) groups is 1. The van der Waals surface area contributed by atoms with Gasteiger partial charge in [0.1, 0.15) is 6.04 Å². The van der Waals surface area contributed by atoms with Gasteiger partial charge in [-0.15, -0.1) is 11.3 Å². The summed E-state index contributed by atoms with van der Waals surface area (Å²) in [5.74, 6) is -0.979. The molecule has 1 atom stereocenters. The maximum absolute atomic E-state index is 12.8. The number of amides is 2. The number of likely N-dealkylation sites (N-methyl/N-ethyl adjacent to an activating group) is 1. The number of nitriles is 1. The molecule has 0 saturated carbocycles. The first-order chi connectivity index (χ1) is 15.4. The van der Waals surface area contributed by atoms with Gasteiger partial charge in [-0.1, -0.05) is 42.5 Å². The van der Waals surface area contributed by atoms with Crippen molar-refractivity contribution in [1.29, 1.82) is 5.26 Å². The smallest absolute Gasteiger partial charge is 0.258 e. The van der Waals surface area contributed by atoms with Crippen LogP contribution in [0.1, 0.15) is 15.9 Å². The van der Waals surface area contributed by atoms with Gasteiger partial charge in [0.15, 0.2) is 12.2 Å². The molecule has 162 valence electrons. The fourth-order valence-corrected chi connectivity index (χ4v) is 3.64. The lowest BCUT2D eigenvalue weighted by Gasteiger charge is -2.20. The average Bonchev–Trinajstić information content (AvgIpc) is 3.26. The van der Waals surface area contributed by atoms with E-state index in [-0.39, 0.29) is 12.4 Å². The third kappa shape index (κ3) is 5.68. The number of benzene rings is 2. The van der Waals surface area contributed by atoms with Crippen LogP contribution in [0.25, 0.3) is 11.3 Å². The fraction of sp³-hybridized carbons (Fsp3) is 0.136. The van der Waals surface area contributed by atoms with Crippen molar-refractivity contribution < 1.29 is 9.59 Å². The van der Waals surface area contributed by atoms with Gasteiger partial charge in [0, 0.05) is 30.0 Å². The highest BCUT2D eigenvalue weighted by atomic mass is 32.1. The molecular formula is C22H21N7O2S. The zero-order valence-corrected chi connectivity index (χ0v) is 18.0. The second kappa shape index (κ2) is 10.2. The van der Waals surface area contributed by atoms with Crippen molar-refractivity contribution in [2.75, 3.05) is 7.05 Å². The number of carbonyl (C=O) groups is 2. The van der Waals surface area contributed by atoms with Gasteiger partial charge in [0.05, 0.1) is 5.69 Å². The van der Waals surface area contributed by atoms with Crippen LogP contribution in [0.4, 0.5) is 5.13 Å². The molecule has 1 aromatic heterocycles. The van der Waals surface area contributed by atoms with Crippen LogP contribution in [0.15, 0.2) is 65.0 Å². The first-order valence-electron chi connectivity index (χ1n) is 9.55. The summed E-state index contributed by atoms with van der Waals surface area (Å²) < 4.78 is 0. The third-order valence-electron chi connectivity index (χ3n) is 4.53. The Morgan fingerprint density at radius 3 is 2.50 bits per heavy atom. The Kier molecular flexibility index (Phi) is 7.15. The lowest BCUT2D eigenvalue weighted by molar-refractivity contribution is -0.129. The number of hydrogen-bond acceptors (Lipinski definition) is 6. The number of nitrogens with zero attached hydrogens (tertiary/aromatic N) is 4. The highest BCUT2D eigenvalue weighted by Gasteiger charge is 2.25. The Balaban J connectivity index is 1.75. The van der Waals surface area contributed by atoms with Crippen LogP contribution < -0.4 is 16.8 Å². The summed E-state index contributed by atoms with van der Waals surface area (Å²) in [6.07, 6.45) is 2.05. The van der Waals surface area contributed by atoms with Gasteiger partial charge >= 0.3 is 0 Å². The lowest BCUT2D eigenvalue weighted by Crippen LogP contribution is -2.47. The van der Waals surface area contributed by atoms with Crippen LogP contribution in [0.2, 0.25) is 0 Å². The maximum Gasteiger partial charge on any atom is 0.258 e. The zero-order valence-electron chi connectivity index (χ0n) is 17.2. The van der Waals surface area contributed by atoms with E-state index in [9.17, 15) is 9.59 Å². The summed E-state index contributed by atoms with van der Waals surface area (Å²) in [5, 5.41) is 14.1. The van der Waals surface area contributed by atoms with E-state index in [1.807, 2.05) is 35.7 Å². The van der Waals surface area contributed by atoms with Gasteiger partial charge in [-0.25, -0.2) is 4.98 Å². The molecule has 5 N–H and O–H groups in total. The second-order valence-electron chi connectivity index (χ2n) is 6.84. The van der Waals surface area contributed by atoms with Crippen molar-refractivity contribution in [3.8, 4) is 17.5 Å². The highest BCUT2D eigenvalue weighted by Crippen LogP contribution is 2.26. The monoisotopic (exact) mass is 447 g/mol. The van der Waals surface area contributed by atoms with E-state index in [2.05, 4.69) is 15.3 Å². The van der Waals surface area contributed by atoms with Crippen molar-refractivity contribution in [3.63, 3.8) is 0 Å². The maximum atomic E-state index is 12.8. The molecule has 3 aromatic rings. The van der Waals surface area contributed by atoms with Gasteiger partial charge < -0.3 is 16.8 Å². The Labute approximate surface area is 189 Å². The van der Waals surface area contributed by atoms with E-state index in [1.54, 1.807) is 30.5 Å². The predicted octanol–water partition coefficient (Wildman–Crippen LogP) is 2.00. The van der Waals surface area contributed by atoms with E-state index in [0.717, 1.165) is 16.0 Å². The van der Waals surface area contributed by atoms with Crippen molar-refractivity contribution >= 4 is 34.2 Å². The molecule has 0 aliphatic heterocycles. The summed E-state index contributed by atoms with van der Waals surface area (Å²) in [6, 6.07) is 15.2. The van der Waals surface area contributed by atoms with E-state index < -0.39 is 17.9 Å². The molecule has 10 heteroatoms. The van der Waals surface area contributed by atoms with Crippen LogP contribution in [0.3, 0.4) is 0 Å². The molecule has 32 heavy (non-hydrogen) atoms. The molecule has 0 fully saturated rings. The van der Waals surface area contributed by atoms with E-state index >= 15 is 0 Å².